The maximum atomic E-state index is 14.8. The van der Waals surface area contributed by atoms with Gasteiger partial charge in [-0.25, -0.2) is 17.5 Å². The van der Waals surface area contributed by atoms with Crippen molar-refractivity contribution in [1.82, 2.24) is 19.8 Å². The van der Waals surface area contributed by atoms with Crippen LogP contribution in [-0.2, 0) is 16.6 Å². The molecular formula is C26H30FN5O4S. The van der Waals surface area contributed by atoms with Gasteiger partial charge in [0.1, 0.15) is 11.6 Å². The Morgan fingerprint density at radius 2 is 1.76 bits per heavy atom. The molecule has 0 aliphatic carbocycles. The molecule has 1 saturated heterocycles. The van der Waals surface area contributed by atoms with Crippen LogP contribution in [0.4, 0.5) is 10.2 Å². The van der Waals surface area contributed by atoms with Crippen molar-refractivity contribution in [3.05, 3.63) is 71.7 Å². The van der Waals surface area contributed by atoms with E-state index in [4.69, 9.17) is 0 Å². The van der Waals surface area contributed by atoms with Crippen molar-refractivity contribution in [2.45, 2.75) is 32.1 Å². The van der Waals surface area contributed by atoms with Crippen LogP contribution >= 0.6 is 0 Å². The lowest BCUT2D eigenvalue weighted by Gasteiger charge is -2.35. The minimum absolute atomic E-state index is 0.0774. The van der Waals surface area contributed by atoms with Crippen molar-refractivity contribution in [2.75, 3.05) is 31.1 Å². The number of hydrogen-bond donors (Lipinski definition) is 2. The molecule has 1 fully saturated rings. The number of nitrogens with one attached hydrogen (secondary N) is 1. The summed E-state index contributed by atoms with van der Waals surface area (Å²) < 4.78 is 40.1. The third-order valence-corrected chi connectivity index (χ3v) is 8.28. The third-order valence-electron chi connectivity index (χ3n) is 6.21. The van der Waals surface area contributed by atoms with Crippen molar-refractivity contribution < 1.29 is 22.7 Å². The van der Waals surface area contributed by atoms with Crippen LogP contribution in [0.2, 0.25) is 0 Å². The summed E-state index contributed by atoms with van der Waals surface area (Å²) in [5.74, 6) is -0.469. The molecule has 11 heteroatoms. The van der Waals surface area contributed by atoms with Crippen LogP contribution in [0.3, 0.4) is 0 Å². The van der Waals surface area contributed by atoms with E-state index in [1.165, 1.54) is 39.0 Å². The fourth-order valence-corrected chi connectivity index (χ4v) is 4.56. The van der Waals surface area contributed by atoms with Crippen LogP contribution < -0.4 is 9.62 Å². The van der Waals surface area contributed by atoms with Crippen molar-refractivity contribution in [1.29, 1.82) is 0 Å². The highest BCUT2D eigenvalue weighted by Gasteiger charge is 2.31. The molecule has 0 unspecified atom stereocenters. The average Bonchev–Trinajstić information content (AvgIpc) is 2.84. The van der Waals surface area contributed by atoms with Crippen LogP contribution in [0, 0.1) is 5.82 Å². The Bertz CT molecular complexity index is 1380. The molecule has 196 valence electrons. The predicted molar refractivity (Wildman–Crippen MR) is 139 cm³/mol. The van der Waals surface area contributed by atoms with Gasteiger partial charge in [-0.3, -0.25) is 9.69 Å². The average molecular weight is 528 g/mol. The Morgan fingerprint density at radius 3 is 2.35 bits per heavy atom. The number of amides is 1. The number of sulfonamides is 1. The third kappa shape index (κ3) is 6.23. The first kappa shape index (κ1) is 26.5. The van der Waals surface area contributed by atoms with E-state index in [2.05, 4.69) is 15.1 Å². The summed E-state index contributed by atoms with van der Waals surface area (Å²) in [5, 5.41) is 17.7. The quantitative estimate of drug-likeness (QED) is 0.502. The van der Waals surface area contributed by atoms with E-state index in [0.717, 1.165) is 18.7 Å². The molecule has 1 aromatic heterocycles. The number of carbonyl (C=O) groups is 1. The van der Waals surface area contributed by atoms with Crippen LogP contribution in [0.5, 0.6) is 5.75 Å². The first-order valence-corrected chi connectivity index (χ1v) is 13.4. The molecule has 9 nitrogen and oxygen atoms in total. The molecule has 1 aliphatic rings. The molecule has 1 aliphatic heterocycles. The van der Waals surface area contributed by atoms with E-state index in [-0.39, 0.29) is 17.3 Å². The number of carbonyl (C=O) groups excluding carboxylic acids is 1. The fraction of sp³-hybridized carbons (Fsp3) is 0.346. The number of benzene rings is 2. The molecule has 0 spiro atoms. The van der Waals surface area contributed by atoms with Gasteiger partial charge in [0.05, 0.1) is 4.75 Å². The summed E-state index contributed by atoms with van der Waals surface area (Å²) in [4.78, 5) is 16.5. The zero-order valence-corrected chi connectivity index (χ0v) is 21.8. The first-order chi connectivity index (χ1) is 17.4. The second-order valence-corrected chi connectivity index (χ2v) is 12.4. The van der Waals surface area contributed by atoms with E-state index in [0.29, 0.717) is 36.6 Å². The maximum absolute atomic E-state index is 14.8. The second-order valence-electron chi connectivity index (χ2n) is 9.95. The number of aromatic nitrogens is 2. The summed E-state index contributed by atoms with van der Waals surface area (Å²) in [7, 11) is -3.85. The van der Waals surface area contributed by atoms with E-state index < -0.39 is 20.7 Å². The molecule has 1 amide bonds. The Labute approximate surface area is 216 Å². The van der Waals surface area contributed by atoms with Crippen molar-refractivity contribution >= 4 is 21.7 Å². The molecule has 4 rings (SSSR count). The van der Waals surface area contributed by atoms with Gasteiger partial charge in [0, 0.05) is 38.3 Å². The summed E-state index contributed by atoms with van der Waals surface area (Å²) in [6.45, 7) is 7.88. The number of anilines is 1. The molecule has 0 saturated carbocycles. The van der Waals surface area contributed by atoms with Gasteiger partial charge in [-0.15, -0.1) is 10.2 Å². The van der Waals surface area contributed by atoms with Gasteiger partial charge in [-0.1, -0.05) is 24.3 Å². The van der Waals surface area contributed by atoms with E-state index >= 15 is 0 Å². The highest BCUT2D eigenvalue weighted by molar-refractivity contribution is 7.91. The number of hydrogen-bond acceptors (Lipinski definition) is 8. The second kappa shape index (κ2) is 10.4. The van der Waals surface area contributed by atoms with Crippen molar-refractivity contribution in [3.63, 3.8) is 0 Å². The molecule has 3 aromatic rings. The summed E-state index contributed by atoms with van der Waals surface area (Å²) in [6, 6.07) is 14.8. The van der Waals surface area contributed by atoms with E-state index in [1.54, 1.807) is 30.3 Å². The standard InChI is InChI=1S/C26H30FN5O4S/c1-26(2,3)37(35,36)30-25(34)23-9-10-24(29-28-23)32-13-11-31(12-14-32)17-18-7-8-21(22(27)15-18)19-5-4-6-20(33)16-19/h4-10,15-16,33H,11-14,17H2,1-3H3,(H,30,34). The maximum Gasteiger partial charge on any atom is 0.285 e. The number of piperazine rings is 1. The molecule has 37 heavy (non-hydrogen) atoms. The van der Waals surface area contributed by atoms with Crippen LogP contribution in [0.1, 0.15) is 36.8 Å². The first-order valence-electron chi connectivity index (χ1n) is 11.9. The lowest BCUT2D eigenvalue weighted by atomic mass is 10.0. The van der Waals surface area contributed by atoms with Gasteiger partial charge in [0.15, 0.2) is 11.5 Å². The van der Waals surface area contributed by atoms with Gasteiger partial charge in [-0.2, -0.15) is 0 Å². The Hall–Kier alpha value is -3.57. The predicted octanol–water partition coefficient (Wildman–Crippen LogP) is 3.17. The van der Waals surface area contributed by atoms with Gasteiger partial charge in [0.2, 0.25) is 10.0 Å². The number of halogens is 1. The van der Waals surface area contributed by atoms with Gasteiger partial charge < -0.3 is 10.0 Å². The molecule has 2 heterocycles. The smallest absolute Gasteiger partial charge is 0.285 e. The topological polar surface area (TPSA) is 116 Å². The number of nitrogens with zero attached hydrogens (tertiary/aromatic N) is 4. The molecular weight excluding hydrogens is 497 g/mol. The Morgan fingerprint density at radius 1 is 1.03 bits per heavy atom. The fourth-order valence-electron chi connectivity index (χ4n) is 3.90. The largest absolute Gasteiger partial charge is 0.508 e. The Balaban J connectivity index is 1.33. The van der Waals surface area contributed by atoms with Crippen LogP contribution in [-0.4, -0.2) is 65.5 Å². The minimum Gasteiger partial charge on any atom is -0.508 e. The normalized spacial score (nSPS) is 15.0. The summed E-state index contributed by atoms with van der Waals surface area (Å²) >= 11 is 0. The lowest BCUT2D eigenvalue weighted by Crippen LogP contribution is -2.46. The number of phenols is 1. The zero-order valence-electron chi connectivity index (χ0n) is 21.0. The van der Waals surface area contributed by atoms with Crippen molar-refractivity contribution in [2.24, 2.45) is 0 Å². The number of aromatic hydroxyl groups is 1. The number of rotatable bonds is 6. The summed E-state index contributed by atoms with van der Waals surface area (Å²) in [5.41, 5.74) is 1.84. The lowest BCUT2D eigenvalue weighted by molar-refractivity contribution is 0.0974. The van der Waals surface area contributed by atoms with Crippen LogP contribution in [0.15, 0.2) is 54.6 Å². The van der Waals surface area contributed by atoms with Gasteiger partial charge >= 0.3 is 0 Å². The zero-order chi connectivity index (χ0) is 26.8. The van der Waals surface area contributed by atoms with Gasteiger partial charge in [-0.05, 0) is 62.2 Å². The van der Waals surface area contributed by atoms with E-state index in [9.17, 15) is 22.7 Å². The summed E-state index contributed by atoms with van der Waals surface area (Å²) in [6.07, 6.45) is 0. The molecule has 2 N–H and O–H groups in total. The monoisotopic (exact) mass is 527 g/mol. The minimum atomic E-state index is -3.85. The molecule has 0 atom stereocenters. The molecule has 2 aromatic carbocycles. The SMILES string of the molecule is CC(C)(C)S(=O)(=O)NC(=O)c1ccc(N2CCN(Cc3ccc(-c4cccc(O)c4)c(F)c3)CC2)nn1. The molecule has 0 bridgehead atoms. The molecule has 0 radical (unpaired) electrons. The number of phenolic OH excluding ortho intramolecular Hbond substituents is 1. The van der Waals surface area contributed by atoms with E-state index in [1.807, 2.05) is 15.7 Å². The Kier molecular flexibility index (Phi) is 7.47. The van der Waals surface area contributed by atoms with Crippen molar-refractivity contribution in [3.8, 4) is 16.9 Å². The highest BCUT2D eigenvalue weighted by atomic mass is 32.2. The highest BCUT2D eigenvalue weighted by Crippen LogP contribution is 2.27. The van der Waals surface area contributed by atoms with Crippen LogP contribution in [0.25, 0.3) is 11.1 Å². The van der Waals surface area contributed by atoms with Gasteiger partial charge in [0.25, 0.3) is 5.91 Å².